The number of anilines is 2. The van der Waals surface area contributed by atoms with Crippen molar-refractivity contribution in [1.82, 2.24) is 4.98 Å². The second kappa shape index (κ2) is 4.70. The van der Waals surface area contributed by atoms with Crippen molar-refractivity contribution >= 4 is 17.5 Å². The minimum Gasteiger partial charge on any atom is -0.478 e. The Labute approximate surface area is 112 Å². The minimum atomic E-state index is -0.999. The number of nitrogens with zero attached hydrogens (tertiary/aromatic N) is 2. The molecule has 19 heavy (non-hydrogen) atoms. The molecule has 104 valence electrons. The van der Waals surface area contributed by atoms with E-state index in [1.165, 1.54) is 12.3 Å². The first-order valence-electron chi connectivity index (χ1n) is 6.20. The Morgan fingerprint density at radius 3 is 2.89 bits per heavy atom. The third-order valence-corrected chi connectivity index (χ3v) is 3.04. The van der Waals surface area contributed by atoms with Gasteiger partial charge in [0.05, 0.1) is 29.2 Å². The maximum atomic E-state index is 11.3. The van der Waals surface area contributed by atoms with Gasteiger partial charge in [0.2, 0.25) is 0 Å². The maximum absolute atomic E-state index is 11.3. The molecule has 1 aromatic heterocycles. The van der Waals surface area contributed by atoms with Crippen LogP contribution in [0.3, 0.4) is 0 Å². The van der Waals surface area contributed by atoms with Crippen LogP contribution < -0.4 is 10.6 Å². The van der Waals surface area contributed by atoms with Gasteiger partial charge in [0.25, 0.3) is 0 Å². The number of nitrogens with two attached hydrogens (primary N) is 1. The van der Waals surface area contributed by atoms with Crippen LogP contribution in [0.5, 0.6) is 0 Å². The van der Waals surface area contributed by atoms with Crippen molar-refractivity contribution < 1.29 is 14.6 Å². The average Bonchev–Trinajstić information content (AvgIpc) is 2.25. The molecule has 0 saturated carbocycles. The SMILES string of the molecule is CC1CN(c2cnc(N)cc2C(=O)O)CC(C)(C)O1. The van der Waals surface area contributed by atoms with Crippen LogP contribution in [0.25, 0.3) is 0 Å². The van der Waals surface area contributed by atoms with E-state index in [0.29, 0.717) is 18.8 Å². The predicted octanol–water partition coefficient (Wildman–Crippen LogP) is 1.37. The summed E-state index contributed by atoms with van der Waals surface area (Å²) in [6.45, 7) is 7.19. The number of morpholine rings is 1. The predicted molar refractivity (Wildman–Crippen MR) is 72.4 cm³/mol. The molecule has 1 atom stereocenters. The van der Waals surface area contributed by atoms with Gasteiger partial charge < -0.3 is 20.5 Å². The summed E-state index contributed by atoms with van der Waals surface area (Å²) in [5, 5.41) is 9.28. The van der Waals surface area contributed by atoms with Crippen LogP contribution in [0.2, 0.25) is 0 Å². The van der Waals surface area contributed by atoms with Gasteiger partial charge in [0.15, 0.2) is 0 Å². The lowest BCUT2D eigenvalue weighted by Gasteiger charge is -2.43. The first-order valence-corrected chi connectivity index (χ1v) is 6.20. The lowest BCUT2D eigenvalue weighted by atomic mass is 10.0. The molecule has 1 saturated heterocycles. The number of ether oxygens (including phenoxy) is 1. The number of pyridine rings is 1. The fraction of sp³-hybridized carbons (Fsp3) is 0.538. The molecule has 1 aliphatic heterocycles. The summed E-state index contributed by atoms with van der Waals surface area (Å²) in [5.74, 6) is -0.789. The van der Waals surface area contributed by atoms with Crippen molar-refractivity contribution in [2.24, 2.45) is 0 Å². The van der Waals surface area contributed by atoms with Crippen molar-refractivity contribution in [3.05, 3.63) is 17.8 Å². The Kier molecular flexibility index (Phi) is 3.36. The van der Waals surface area contributed by atoms with Crippen LogP contribution in [0.1, 0.15) is 31.1 Å². The van der Waals surface area contributed by atoms with E-state index >= 15 is 0 Å². The molecule has 6 heteroatoms. The third kappa shape index (κ3) is 2.96. The summed E-state index contributed by atoms with van der Waals surface area (Å²) in [5.41, 5.74) is 6.00. The first kappa shape index (κ1) is 13.6. The number of carbonyl (C=O) groups is 1. The number of aromatic nitrogens is 1. The highest BCUT2D eigenvalue weighted by atomic mass is 16.5. The quantitative estimate of drug-likeness (QED) is 0.839. The molecule has 1 fully saturated rings. The Balaban J connectivity index is 2.38. The summed E-state index contributed by atoms with van der Waals surface area (Å²) in [6, 6.07) is 1.39. The van der Waals surface area contributed by atoms with E-state index in [1.807, 2.05) is 25.7 Å². The van der Waals surface area contributed by atoms with Crippen LogP contribution in [-0.2, 0) is 4.74 Å². The van der Waals surface area contributed by atoms with E-state index in [1.54, 1.807) is 0 Å². The Bertz CT molecular complexity index is 502. The lowest BCUT2D eigenvalue weighted by Crippen LogP contribution is -2.52. The van der Waals surface area contributed by atoms with Gasteiger partial charge in [-0.3, -0.25) is 0 Å². The molecule has 0 amide bonds. The van der Waals surface area contributed by atoms with E-state index in [2.05, 4.69) is 4.98 Å². The van der Waals surface area contributed by atoms with E-state index < -0.39 is 5.97 Å². The van der Waals surface area contributed by atoms with E-state index in [4.69, 9.17) is 10.5 Å². The van der Waals surface area contributed by atoms with Crippen molar-refractivity contribution in [3.8, 4) is 0 Å². The highest BCUT2D eigenvalue weighted by Crippen LogP contribution is 2.28. The third-order valence-electron chi connectivity index (χ3n) is 3.04. The largest absolute Gasteiger partial charge is 0.478 e. The molecule has 0 aliphatic carbocycles. The van der Waals surface area contributed by atoms with Gasteiger partial charge in [-0.1, -0.05) is 0 Å². The number of aromatic carboxylic acids is 1. The van der Waals surface area contributed by atoms with Gasteiger partial charge in [0.1, 0.15) is 5.82 Å². The Morgan fingerprint density at radius 1 is 1.63 bits per heavy atom. The zero-order chi connectivity index (χ0) is 14.2. The van der Waals surface area contributed by atoms with E-state index in [9.17, 15) is 9.90 Å². The highest BCUT2D eigenvalue weighted by molar-refractivity contribution is 5.95. The zero-order valence-electron chi connectivity index (χ0n) is 11.4. The van der Waals surface area contributed by atoms with Crippen molar-refractivity contribution in [2.45, 2.75) is 32.5 Å². The molecule has 1 aromatic rings. The van der Waals surface area contributed by atoms with E-state index in [0.717, 1.165) is 0 Å². The second-order valence-electron chi connectivity index (χ2n) is 5.50. The van der Waals surface area contributed by atoms with Gasteiger partial charge in [-0.05, 0) is 26.8 Å². The minimum absolute atomic E-state index is 0.0305. The number of hydrogen-bond acceptors (Lipinski definition) is 5. The number of rotatable bonds is 2. The summed E-state index contributed by atoms with van der Waals surface area (Å²) in [4.78, 5) is 17.3. The van der Waals surface area contributed by atoms with Crippen LogP contribution in [-0.4, -0.2) is 40.9 Å². The summed E-state index contributed by atoms with van der Waals surface area (Å²) >= 11 is 0. The van der Waals surface area contributed by atoms with E-state index in [-0.39, 0.29) is 23.1 Å². The average molecular weight is 265 g/mol. The second-order valence-corrected chi connectivity index (χ2v) is 5.50. The molecule has 6 nitrogen and oxygen atoms in total. The van der Waals surface area contributed by atoms with Gasteiger partial charge in [0, 0.05) is 13.1 Å². The fourth-order valence-electron chi connectivity index (χ4n) is 2.52. The lowest BCUT2D eigenvalue weighted by molar-refractivity contribution is -0.0750. The summed E-state index contributed by atoms with van der Waals surface area (Å²) < 4.78 is 5.82. The maximum Gasteiger partial charge on any atom is 0.338 e. The van der Waals surface area contributed by atoms with Crippen LogP contribution in [0.4, 0.5) is 11.5 Å². The number of hydrogen-bond donors (Lipinski definition) is 2. The molecule has 2 rings (SSSR count). The van der Waals surface area contributed by atoms with Gasteiger partial charge in [-0.2, -0.15) is 0 Å². The molecule has 0 radical (unpaired) electrons. The highest BCUT2D eigenvalue weighted by Gasteiger charge is 2.33. The molecule has 2 heterocycles. The molecule has 1 aliphatic rings. The molecule has 0 aromatic carbocycles. The van der Waals surface area contributed by atoms with Crippen LogP contribution in [0, 0.1) is 0 Å². The molecular weight excluding hydrogens is 246 g/mol. The Hall–Kier alpha value is -1.82. The molecule has 0 spiro atoms. The van der Waals surface area contributed by atoms with Gasteiger partial charge in [-0.25, -0.2) is 9.78 Å². The van der Waals surface area contributed by atoms with Crippen molar-refractivity contribution in [1.29, 1.82) is 0 Å². The van der Waals surface area contributed by atoms with Gasteiger partial charge in [-0.15, -0.1) is 0 Å². The topological polar surface area (TPSA) is 88.7 Å². The normalized spacial score (nSPS) is 22.3. The van der Waals surface area contributed by atoms with Crippen LogP contribution >= 0.6 is 0 Å². The number of carboxylic acids is 1. The monoisotopic (exact) mass is 265 g/mol. The molecule has 0 bridgehead atoms. The smallest absolute Gasteiger partial charge is 0.338 e. The van der Waals surface area contributed by atoms with Crippen molar-refractivity contribution in [3.63, 3.8) is 0 Å². The number of carboxylic acid groups (broad SMARTS) is 1. The number of nitrogen functional groups attached to an aromatic ring is 1. The molecular formula is C13H19N3O3. The summed E-state index contributed by atoms with van der Waals surface area (Å²) in [6.07, 6.45) is 1.55. The Morgan fingerprint density at radius 2 is 2.32 bits per heavy atom. The van der Waals surface area contributed by atoms with Crippen molar-refractivity contribution in [2.75, 3.05) is 23.7 Å². The first-order chi connectivity index (χ1) is 8.78. The van der Waals surface area contributed by atoms with Crippen LogP contribution in [0.15, 0.2) is 12.3 Å². The molecule has 3 N–H and O–H groups in total. The zero-order valence-corrected chi connectivity index (χ0v) is 11.4. The standard InChI is InChI=1S/C13H19N3O3/c1-8-6-16(7-13(2,3)19-8)10-5-15-11(14)4-9(10)12(17)18/h4-5,8H,6-7H2,1-3H3,(H2,14,15)(H,17,18). The molecule has 1 unspecified atom stereocenters. The summed E-state index contributed by atoms with van der Waals surface area (Å²) in [7, 11) is 0. The van der Waals surface area contributed by atoms with Gasteiger partial charge >= 0.3 is 5.97 Å². The fourth-order valence-corrected chi connectivity index (χ4v) is 2.52.